The van der Waals surface area contributed by atoms with E-state index in [9.17, 15) is 14.0 Å². The average molecular weight is 379 g/mol. The van der Waals surface area contributed by atoms with Crippen molar-refractivity contribution in [2.75, 3.05) is 5.32 Å². The molecule has 0 saturated heterocycles. The number of hydrogen-bond acceptors (Lipinski definition) is 2. The first-order valence-corrected chi connectivity index (χ1v) is 9.79. The third kappa shape index (κ3) is 3.22. The van der Waals surface area contributed by atoms with Crippen molar-refractivity contribution in [1.29, 1.82) is 0 Å². The van der Waals surface area contributed by atoms with E-state index < -0.39 is 17.6 Å². The van der Waals surface area contributed by atoms with E-state index in [0.717, 1.165) is 43.1 Å². The van der Waals surface area contributed by atoms with Gasteiger partial charge in [-0.15, -0.1) is 0 Å². The molecule has 1 unspecified atom stereocenters. The van der Waals surface area contributed by atoms with Crippen LogP contribution >= 0.6 is 11.6 Å². The van der Waals surface area contributed by atoms with Gasteiger partial charge in [0.15, 0.2) is 0 Å². The minimum absolute atomic E-state index is 0.0223. The van der Waals surface area contributed by atoms with E-state index in [-0.39, 0.29) is 16.5 Å². The predicted molar refractivity (Wildman–Crippen MR) is 98.2 cm³/mol. The van der Waals surface area contributed by atoms with E-state index in [4.69, 9.17) is 11.6 Å². The van der Waals surface area contributed by atoms with Crippen molar-refractivity contribution in [3.05, 3.63) is 29.0 Å². The molecule has 4 aliphatic carbocycles. The molecule has 1 aromatic rings. The molecule has 2 N–H and O–H groups in total. The van der Waals surface area contributed by atoms with Crippen LogP contribution in [0.2, 0.25) is 5.02 Å². The lowest BCUT2D eigenvalue weighted by molar-refractivity contribution is -0.138. The molecular formula is C20H24ClFN2O2. The molecule has 1 aromatic carbocycles. The van der Waals surface area contributed by atoms with Gasteiger partial charge in [0.2, 0.25) is 0 Å². The maximum Gasteiger partial charge on any atom is 0.313 e. The van der Waals surface area contributed by atoms with Crippen LogP contribution in [-0.4, -0.2) is 17.9 Å². The summed E-state index contributed by atoms with van der Waals surface area (Å²) in [6.07, 6.45) is 7.50. The summed E-state index contributed by atoms with van der Waals surface area (Å²) in [6, 6.07) is 3.82. The van der Waals surface area contributed by atoms with Gasteiger partial charge < -0.3 is 10.6 Å². The zero-order valence-electron chi connectivity index (χ0n) is 14.9. The quantitative estimate of drug-likeness (QED) is 0.776. The highest BCUT2D eigenvalue weighted by Gasteiger charge is 2.53. The number of hydrogen-bond donors (Lipinski definition) is 2. The SMILES string of the molecule is CC(NC(=O)C(=O)Nc1ccc(F)c(Cl)c1)C12CC3CC(CC(C3)C1)C2. The van der Waals surface area contributed by atoms with Crippen LogP contribution in [0.25, 0.3) is 0 Å². The van der Waals surface area contributed by atoms with Gasteiger partial charge in [0.1, 0.15) is 5.82 Å². The molecule has 0 aliphatic heterocycles. The second-order valence-electron chi connectivity index (χ2n) is 8.56. The Morgan fingerprint density at radius 3 is 2.23 bits per heavy atom. The molecule has 1 atom stereocenters. The van der Waals surface area contributed by atoms with Gasteiger partial charge in [0.25, 0.3) is 0 Å². The molecule has 0 spiro atoms. The van der Waals surface area contributed by atoms with Crippen molar-refractivity contribution in [3.8, 4) is 0 Å². The fourth-order valence-electron chi connectivity index (χ4n) is 5.88. The molecule has 4 aliphatic rings. The van der Waals surface area contributed by atoms with Crippen LogP contribution in [0.4, 0.5) is 10.1 Å². The molecule has 4 bridgehead atoms. The number of carbonyl (C=O) groups excluding carboxylic acids is 2. The van der Waals surface area contributed by atoms with Gasteiger partial charge in [-0.1, -0.05) is 11.6 Å². The molecule has 6 heteroatoms. The Morgan fingerprint density at radius 2 is 1.69 bits per heavy atom. The van der Waals surface area contributed by atoms with Gasteiger partial charge in [-0.2, -0.15) is 0 Å². The highest BCUT2D eigenvalue weighted by atomic mass is 35.5. The van der Waals surface area contributed by atoms with Crippen LogP contribution in [0.1, 0.15) is 45.4 Å². The Kier molecular flexibility index (Phi) is 4.46. The molecule has 5 rings (SSSR count). The molecule has 4 nitrogen and oxygen atoms in total. The number of nitrogens with one attached hydrogen (secondary N) is 2. The Bertz CT molecular complexity index is 716. The topological polar surface area (TPSA) is 58.2 Å². The third-order valence-electron chi connectivity index (χ3n) is 6.74. The van der Waals surface area contributed by atoms with Gasteiger partial charge in [-0.3, -0.25) is 9.59 Å². The largest absolute Gasteiger partial charge is 0.345 e. The fraction of sp³-hybridized carbons (Fsp3) is 0.600. The van der Waals surface area contributed by atoms with E-state index in [1.807, 2.05) is 6.92 Å². The van der Waals surface area contributed by atoms with E-state index in [1.54, 1.807) is 0 Å². The zero-order chi connectivity index (χ0) is 18.5. The minimum atomic E-state index is -0.746. The number of anilines is 1. The van der Waals surface area contributed by atoms with Crippen LogP contribution in [0, 0.1) is 29.0 Å². The highest BCUT2D eigenvalue weighted by molar-refractivity contribution is 6.40. The Labute approximate surface area is 157 Å². The van der Waals surface area contributed by atoms with Gasteiger partial charge in [0.05, 0.1) is 5.02 Å². The van der Waals surface area contributed by atoms with E-state index in [1.165, 1.54) is 31.4 Å². The van der Waals surface area contributed by atoms with Crippen molar-refractivity contribution in [3.63, 3.8) is 0 Å². The van der Waals surface area contributed by atoms with Gasteiger partial charge in [0, 0.05) is 11.7 Å². The maximum atomic E-state index is 13.2. The highest BCUT2D eigenvalue weighted by Crippen LogP contribution is 2.61. The van der Waals surface area contributed by atoms with Crippen LogP contribution in [0.5, 0.6) is 0 Å². The first kappa shape index (κ1) is 17.8. The number of benzene rings is 1. The average Bonchev–Trinajstić information content (AvgIpc) is 2.57. The summed E-state index contributed by atoms with van der Waals surface area (Å²) in [5.74, 6) is 0.407. The van der Waals surface area contributed by atoms with Crippen LogP contribution < -0.4 is 10.6 Å². The first-order chi connectivity index (χ1) is 12.3. The minimum Gasteiger partial charge on any atom is -0.345 e. The normalized spacial score (nSPS) is 33.0. The Hall–Kier alpha value is -1.62. The smallest absolute Gasteiger partial charge is 0.313 e. The Balaban J connectivity index is 1.39. The molecule has 140 valence electrons. The summed E-state index contributed by atoms with van der Waals surface area (Å²) in [5.41, 5.74) is 0.447. The summed E-state index contributed by atoms with van der Waals surface area (Å²) < 4.78 is 13.2. The lowest BCUT2D eigenvalue weighted by Crippen LogP contribution is -2.57. The zero-order valence-corrected chi connectivity index (χ0v) is 15.6. The van der Waals surface area contributed by atoms with E-state index >= 15 is 0 Å². The summed E-state index contributed by atoms with van der Waals surface area (Å²) in [4.78, 5) is 24.6. The van der Waals surface area contributed by atoms with Crippen molar-refractivity contribution in [2.24, 2.45) is 23.2 Å². The maximum absolute atomic E-state index is 13.2. The van der Waals surface area contributed by atoms with Crippen molar-refractivity contribution in [2.45, 2.75) is 51.5 Å². The lowest BCUT2D eigenvalue weighted by Gasteiger charge is -2.59. The predicted octanol–water partition coefficient (Wildman–Crippen LogP) is 4.14. The molecule has 4 saturated carbocycles. The number of halogens is 2. The number of amides is 2. The van der Waals surface area contributed by atoms with E-state index in [0.29, 0.717) is 5.69 Å². The fourth-order valence-corrected chi connectivity index (χ4v) is 6.07. The first-order valence-electron chi connectivity index (χ1n) is 9.41. The second-order valence-corrected chi connectivity index (χ2v) is 8.97. The Morgan fingerprint density at radius 1 is 1.12 bits per heavy atom. The van der Waals surface area contributed by atoms with Crippen molar-refractivity contribution >= 4 is 29.1 Å². The second kappa shape index (κ2) is 6.52. The van der Waals surface area contributed by atoms with Gasteiger partial charge in [-0.25, -0.2) is 4.39 Å². The van der Waals surface area contributed by atoms with Crippen molar-refractivity contribution < 1.29 is 14.0 Å². The molecule has 2 amide bonds. The molecule has 26 heavy (non-hydrogen) atoms. The number of rotatable bonds is 3. The summed E-state index contributed by atoms with van der Waals surface area (Å²) in [6.45, 7) is 2.03. The lowest BCUT2D eigenvalue weighted by atomic mass is 9.48. The summed E-state index contributed by atoms with van der Waals surface area (Å²) >= 11 is 5.71. The van der Waals surface area contributed by atoms with Crippen LogP contribution in [-0.2, 0) is 9.59 Å². The van der Waals surface area contributed by atoms with Crippen LogP contribution in [0.15, 0.2) is 18.2 Å². The standard InChI is InChI=1S/C20H24ClFN2O2/c1-11(20-8-12-4-13(9-20)6-14(5-12)10-20)23-18(25)19(26)24-15-2-3-17(22)16(21)7-15/h2-3,7,11-14H,4-6,8-10H2,1H3,(H,23,25)(H,24,26). The van der Waals surface area contributed by atoms with Crippen LogP contribution in [0.3, 0.4) is 0 Å². The molecular weight excluding hydrogens is 355 g/mol. The van der Waals surface area contributed by atoms with Gasteiger partial charge >= 0.3 is 11.8 Å². The van der Waals surface area contributed by atoms with Gasteiger partial charge in [-0.05, 0) is 86.8 Å². The summed E-state index contributed by atoms with van der Waals surface area (Å²) in [5, 5.41) is 5.32. The molecule has 0 heterocycles. The molecule has 0 aromatic heterocycles. The van der Waals surface area contributed by atoms with Crippen molar-refractivity contribution in [1.82, 2.24) is 5.32 Å². The summed E-state index contributed by atoms with van der Waals surface area (Å²) in [7, 11) is 0. The monoisotopic (exact) mass is 378 g/mol. The van der Waals surface area contributed by atoms with E-state index in [2.05, 4.69) is 10.6 Å². The molecule has 0 radical (unpaired) electrons. The number of carbonyl (C=O) groups is 2. The third-order valence-corrected chi connectivity index (χ3v) is 7.03. The molecule has 4 fully saturated rings.